The lowest BCUT2D eigenvalue weighted by Crippen LogP contribution is -2.27. The number of aromatic amines is 1. The van der Waals surface area contributed by atoms with Gasteiger partial charge in [0.15, 0.2) is 0 Å². The molecule has 2 aliphatic rings. The number of amides is 1. The smallest absolute Gasteiger partial charge is 0.225 e. The molecular weight excluding hydrogens is 433 g/mol. The van der Waals surface area contributed by atoms with Crippen LogP contribution in [-0.2, 0) is 4.79 Å². The van der Waals surface area contributed by atoms with Crippen molar-refractivity contribution in [3.8, 4) is 0 Å². The van der Waals surface area contributed by atoms with Gasteiger partial charge in [0.1, 0.15) is 5.82 Å². The number of hydrogen-bond acceptors (Lipinski definition) is 4. The molecule has 1 atom stereocenters. The Bertz CT molecular complexity index is 821. The molecule has 6 nitrogen and oxygen atoms in total. The normalized spacial score (nSPS) is 19.7. The fourth-order valence-electron chi connectivity index (χ4n) is 4.87. The summed E-state index contributed by atoms with van der Waals surface area (Å²) in [6.07, 6.45) is 12.1. The van der Waals surface area contributed by atoms with Gasteiger partial charge in [-0.3, -0.25) is 9.69 Å². The molecule has 1 amide bonds. The molecule has 2 saturated heterocycles. The van der Waals surface area contributed by atoms with Gasteiger partial charge in [-0.25, -0.2) is 4.98 Å². The number of H-pyrrole nitrogens is 1. The highest BCUT2D eigenvalue weighted by atomic mass is 35.5. The van der Waals surface area contributed by atoms with Gasteiger partial charge in [-0.05, 0) is 70.8 Å². The summed E-state index contributed by atoms with van der Waals surface area (Å²) in [7, 11) is 2.18. The highest BCUT2D eigenvalue weighted by Gasteiger charge is 2.24. The second-order valence-electron chi connectivity index (χ2n) is 8.86. The van der Waals surface area contributed by atoms with Crippen molar-refractivity contribution in [1.29, 1.82) is 0 Å². The molecule has 2 aromatic heterocycles. The molecule has 0 bridgehead atoms. The highest BCUT2D eigenvalue weighted by Crippen LogP contribution is 2.32. The molecule has 2 aromatic rings. The number of aromatic nitrogens is 2. The van der Waals surface area contributed by atoms with Gasteiger partial charge in [-0.1, -0.05) is 19.3 Å². The largest absolute Gasteiger partial charge is 0.357 e. The van der Waals surface area contributed by atoms with E-state index >= 15 is 0 Å². The van der Waals surface area contributed by atoms with E-state index in [0.29, 0.717) is 18.3 Å². The number of piperidine rings is 1. The maximum atomic E-state index is 12.3. The lowest BCUT2D eigenvalue weighted by atomic mass is 9.92. The van der Waals surface area contributed by atoms with Gasteiger partial charge in [0, 0.05) is 35.8 Å². The summed E-state index contributed by atoms with van der Waals surface area (Å²) < 4.78 is 0. The zero-order chi connectivity index (χ0) is 20.1. The fourth-order valence-corrected chi connectivity index (χ4v) is 4.87. The van der Waals surface area contributed by atoms with E-state index in [4.69, 9.17) is 0 Å². The van der Waals surface area contributed by atoms with Crippen molar-refractivity contribution in [2.75, 3.05) is 32.0 Å². The minimum Gasteiger partial charge on any atom is -0.357 e. The van der Waals surface area contributed by atoms with Gasteiger partial charge in [0.05, 0.1) is 5.52 Å². The van der Waals surface area contributed by atoms with Gasteiger partial charge >= 0.3 is 0 Å². The molecule has 174 valence electrons. The first-order valence-corrected chi connectivity index (χ1v) is 11.4. The molecule has 0 unspecified atom stereocenters. The van der Waals surface area contributed by atoms with E-state index < -0.39 is 0 Å². The number of nitrogens with zero attached hydrogens (tertiary/aromatic N) is 2. The SMILES string of the molecule is CN1CCC[C@@H]1c1cc2cnc(NC(=O)CCCCCC3CCNCC3)cc2[nH]1.Cl.Cl. The van der Waals surface area contributed by atoms with Crippen molar-refractivity contribution in [1.82, 2.24) is 20.2 Å². The van der Waals surface area contributed by atoms with E-state index in [0.717, 1.165) is 36.2 Å². The number of fused-ring (bicyclic) bond motifs is 1. The van der Waals surface area contributed by atoms with Crippen molar-refractivity contribution >= 4 is 47.4 Å². The maximum absolute atomic E-state index is 12.3. The first-order chi connectivity index (χ1) is 14.2. The first kappa shape index (κ1) is 25.9. The maximum Gasteiger partial charge on any atom is 0.225 e. The van der Waals surface area contributed by atoms with Gasteiger partial charge < -0.3 is 15.6 Å². The topological polar surface area (TPSA) is 73.1 Å². The monoisotopic (exact) mass is 469 g/mol. The Labute approximate surface area is 198 Å². The van der Waals surface area contributed by atoms with Gasteiger partial charge in [-0.2, -0.15) is 0 Å². The molecule has 31 heavy (non-hydrogen) atoms. The van der Waals surface area contributed by atoms with E-state index in [2.05, 4.69) is 38.6 Å². The van der Waals surface area contributed by atoms with Crippen LogP contribution in [-0.4, -0.2) is 47.5 Å². The first-order valence-electron chi connectivity index (χ1n) is 11.4. The molecule has 0 aromatic carbocycles. The lowest BCUT2D eigenvalue weighted by Gasteiger charge is -2.22. The van der Waals surface area contributed by atoms with Crippen LogP contribution in [0.15, 0.2) is 18.3 Å². The van der Waals surface area contributed by atoms with Crippen LogP contribution in [0.1, 0.15) is 69.5 Å². The third-order valence-electron chi connectivity index (χ3n) is 6.65. The molecular formula is C23H37Cl2N5O. The van der Waals surface area contributed by atoms with Gasteiger partial charge in [0.25, 0.3) is 0 Å². The van der Waals surface area contributed by atoms with E-state index in [1.165, 1.54) is 57.3 Å². The number of likely N-dealkylation sites (tertiary alicyclic amines) is 1. The summed E-state index contributed by atoms with van der Waals surface area (Å²) in [5.74, 6) is 1.60. The summed E-state index contributed by atoms with van der Waals surface area (Å²) in [6, 6.07) is 4.62. The third-order valence-corrected chi connectivity index (χ3v) is 6.65. The number of rotatable bonds is 8. The summed E-state index contributed by atoms with van der Waals surface area (Å²) in [5.41, 5.74) is 2.30. The van der Waals surface area contributed by atoms with E-state index in [-0.39, 0.29) is 30.7 Å². The Balaban J connectivity index is 0.00000171. The molecule has 3 N–H and O–H groups in total. The highest BCUT2D eigenvalue weighted by molar-refractivity contribution is 5.92. The van der Waals surface area contributed by atoms with Crippen LogP contribution in [0.4, 0.5) is 5.82 Å². The molecule has 0 spiro atoms. The van der Waals surface area contributed by atoms with E-state index in [1.807, 2.05) is 12.3 Å². The third kappa shape index (κ3) is 7.07. The minimum absolute atomic E-state index is 0. The second kappa shape index (κ2) is 12.6. The second-order valence-corrected chi connectivity index (χ2v) is 8.86. The molecule has 0 saturated carbocycles. The molecule has 2 aliphatic heterocycles. The Morgan fingerprint density at radius 1 is 1.16 bits per heavy atom. The van der Waals surface area contributed by atoms with Crippen LogP contribution in [0.3, 0.4) is 0 Å². The zero-order valence-corrected chi connectivity index (χ0v) is 20.1. The van der Waals surface area contributed by atoms with Crippen LogP contribution >= 0.6 is 24.8 Å². The van der Waals surface area contributed by atoms with Crippen molar-refractivity contribution in [2.45, 2.75) is 63.8 Å². The quantitative estimate of drug-likeness (QED) is 0.472. The van der Waals surface area contributed by atoms with Crippen LogP contribution in [0, 0.1) is 5.92 Å². The van der Waals surface area contributed by atoms with E-state index in [9.17, 15) is 4.79 Å². The molecule has 2 fully saturated rings. The molecule has 0 radical (unpaired) electrons. The minimum atomic E-state index is 0. The lowest BCUT2D eigenvalue weighted by molar-refractivity contribution is -0.116. The van der Waals surface area contributed by atoms with Gasteiger partial charge in [-0.15, -0.1) is 24.8 Å². The van der Waals surface area contributed by atoms with Crippen LogP contribution in [0.25, 0.3) is 10.9 Å². The number of pyridine rings is 1. The predicted octanol–water partition coefficient (Wildman–Crippen LogP) is 5.06. The molecule has 4 heterocycles. The summed E-state index contributed by atoms with van der Waals surface area (Å²) in [6.45, 7) is 3.49. The van der Waals surface area contributed by atoms with Crippen LogP contribution < -0.4 is 10.6 Å². The van der Waals surface area contributed by atoms with E-state index in [1.54, 1.807) is 0 Å². The van der Waals surface area contributed by atoms with Crippen molar-refractivity contribution in [2.24, 2.45) is 5.92 Å². The summed E-state index contributed by atoms with van der Waals surface area (Å²) in [5, 5.41) is 7.50. The number of carbonyl (C=O) groups excluding carboxylic acids is 1. The predicted molar refractivity (Wildman–Crippen MR) is 133 cm³/mol. The Kier molecular flexibility index (Phi) is 10.6. The summed E-state index contributed by atoms with van der Waals surface area (Å²) in [4.78, 5) is 22.7. The standard InChI is InChI=1S/C23H35N5O.2ClH/c1-28-13-5-7-21(28)20-14-18-16-25-22(15-19(18)26-20)27-23(29)8-4-2-3-6-17-9-11-24-12-10-17;;/h14-17,21,24,26H,2-13H2,1H3,(H,25,27,29);2*1H/t21-;;/m1../s1. The van der Waals surface area contributed by atoms with Crippen molar-refractivity contribution in [3.05, 3.63) is 24.0 Å². The van der Waals surface area contributed by atoms with Crippen LogP contribution in [0.5, 0.6) is 0 Å². The number of hydrogen-bond donors (Lipinski definition) is 3. The fraction of sp³-hybridized carbons (Fsp3) is 0.652. The number of carbonyl (C=O) groups is 1. The Hall–Kier alpha value is -1.34. The van der Waals surface area contributed by atoms with Crippen molar-refractivity contribution in [3.63, 3.8) is 0 Å². The Morgan fingerprint density at radius 3 is 2.71 bits per heavy atom. The number of anilines is 1. The average Bonchev–Trinajstić information content (AvgIpc) is 3.33. The molecule has 4 rings (SSSR count). The summed E-state index contributed by atoms with van der Waals surface area (Å²) >= 11 is 0. The number of halogens is 2. The zero-order valence-electron chi connectivity index (χ0n) is 18.5. The average molecular weight is 470 g/mol. The van der Waals surface area contributed by atoms with Crippen LogP contribution in [0.2, 0.25) is 0 Å². The Morgan fingerprint density at radius 2 is 1.97 bits per heavy atom. The van der Waals surface area contributed by atoms with Gasteiger partial charge in [0.2, 0.25) is 5.91 Å². The number of unbranched alkanes of at least 4 members (excludes halogenated alkanes) is 2. The molecule has 8 heteroatoms. The van der Waals surface area contributed by atoms with Crippen molar-refractivity contribution < 1.29 is 4.79 Å². The number of nitrogens with one attached hydrogen (secondary N) is 3. The molecule has 0 aliphatic carbocycles.